The molecule has 0 amide bonds. The van der Waals surface area contributed by atoms with E-state index in [-0.39, 0.29) is 22.8 Å². The number of hydrogen-bond acceptors (Lipinski definition) is 9. The molecule has 182 valence electrons. The van der Waals surface area contributed by atoms with Crippen LogP contribution in [0.25, 0.3) is 10.9 Å². The molecular formula is C27H20N6O4. The highest BCUT2D eigenvalue weighted by atomic mass is 16.6. The fourth-order valence-electron chi connectivity index (χ4n) is 3.38. The van der Waals surface area contributed by atoms with Gasteiger partial charge in [0.15, 0.2) is 0 Å². The molecule has 4 aromatic rings. The first-order valence-electron chi connectivity index (χ1n) is 10.9. The number of rotatable bonds is 10. The number of ether oxygens (including phenoxy) is 2. The Morgan fingerprint density at radius 3 is 2.68 bits per heavy atom. The molecule has 0 aliphatic carbocycles. The minimum atomic E-state index is -0.583. The summed E-state index contributed by atoms with van der Waals surface area (Å²) in [6.07, 6.45) is 5.69. The molecule has 0 fully saturated rings. The lowest BCUT2D eigenvalue weighted by Gasteiger charge is -2.13. The Bertz CT molecular complexity index is 1540. The van der Waals surface area contributed by atoms with Crippen LogP contribution in [0.1, 0.15) is 11.1 Å². The van der Waals surface area contributed by atoms with Crippen LogP contribution in [0.5, 0.6) is 11.6 Å². The molecule has 0 spiro atoms. The standard InChI is InChI=1S/C27H20N6O4/c1-18(10-11-29-2)37-25-13-23-22(12-24(25)33(34)35)27(20(14-28)15-30-23)32-21-8-9-26(31-16-21)36-17-19-6-4-3-5-7-19/h3-13,15-16H,1-2,17H2,(H,30,32)/b11-10-. The molecule has 0 radical (unpaired) electrons. The number of anilines is 2. The van der Waals surface area contributed by atoms with Gasteiger partial charge in [-0.2, -0.15) is 5.26 Å². The number of aromatic nitrogens is 2. The van der Waals surface area contributed by atoms with Crippen molar-refractivity contribution in [3.8, 4) is 17.7 Å². The molecule has 0 saturated heterocycles. The molecule has 0 unspecified atom stereocenters. The number of benzene rings is 2. The molecule has 2 heterocycles. The third-order valence-electron chi connectivity index (χ3n) is 5.11. The number of pyridine rings is 2. The summed E-state index contributed by atoms with van der Waals surface area (Å²) in [7, 11) is 0. The van der Waals surface area contributed by atoms with E-state index in [9.17, 15) is 15.4 Å². The van der Waals surface area contributed by atoms with E-state index >= 15 is 0 Å². The summed E-state index contributed by atoms with van der Waals surface area (Å²) in [5.74, 6) is 0.497. The predicted octanol–water partition coefficient (Wildman–Crippen LogP) is 5.84. The topological polar surface area (TPSA) is 136 Å². The van der Waals surface area contributed by atoms with E-state index in [1.807, 2.05) is 30.3 Å². The number of fused-ring (bicyclic) bond motifs is 1. The zero-order valence-electron chi connectivity index (χ0n) is 19.5. The predicted molar refractivity (Wildman–Crippen MR) is 140 cm³/mol. The van der Waals surface area contributed by atoms with Crippen LogP contribution in [-0.4, -0.2) is 21.6 Å². The highest BCUT2D eigenvalue weighted by molar-refractivity contribution is 5.98. The third-order valence-corrected chi connectivity index (χ3v) is 5.11. The van der Waals surface area contributed by atoms with Crippen LogP contribution in [0.15, 0.2) is 96.6 Å². The van der Waals surface area contributed by atoms with Gasteiger partial charge in [0, 0.05) is 36.0 Å². The van der Waals surface area contributed by atoms with Crippen LogP contribution >= 0.6 is 0 Å². The van der Waals surface area contributed by atoms with Crippen molar-refractivity contribution in [2.75, 3.05) is 5.32 Å². The summed E-state index contributed by atoms with van der Waals surface area (Å²) in [5, 5.41) is 24.9. The number of hydrogen-bond donors (Lipinski definition) is 1. The molecule has 0 aliphatic rings. The quantitative estimate of drug-likeness (QED) is 0.0959. The molecule has 10 heteroatoms. The van der Waals surface area contributed by atoms with E-state index in [2.05, 4.69) is 39.6 Å². The average Bonchev–Trinajstić information content (AvgIpc) is 2.91. The molecule has 2 aromatic heterocycles. The maximum Gasteiger partial charge on any atom is 0.312 e. The first-order valence-corrected chi connectivity index (χ1v) is 10.9. The smallest absolute Gasteiger partial charge is 0.312 e. The van der Waals surface area contributed by atoms with E-state index in [1.165, 1.54) is 30.6 Å². The second-order valence-electron chi connectivity index (χ2n) is 7.60. The van der Waals surface area contributed by atoms with E-state index in [1.54, 1.807) is 18.3 Å². The molecule has 10 nitrogen and oxygen atoms in total. The highest BCUT2D eigenvalue weighted by Gasteiger charge is 2.21. The zero-order chi connectivity index (χ0) is 26.2. The van der Waals surface area contributed by atoms with Crippen molar-refractivity contribution < 1.29 is 14.4 Å². The van der Waals surface area contributed by atoms with Gasteiger partial charge in [0.2, 0.25) is 11.6 Å². The van der Waals surface area contributed by atoms with Crippen molar-refractivity contribution >= 4 is 34.7 Å². The van der Waals surface area contributed by atoms with Crippen LogP contribution in [0.2, 0.25) is 0 Å². The third kappa shape index (κ3) is 5.93. The Hall–Kier alpha value is -5.56. The molecule has 0 atom stereocenters. The van der Waals surface area contributed by atoms with Crippen molar-refractivity contribution in [2.45, 2.75) is 6.61 Å². The number of nitrogens with zero attached hydrogens (tertiary/aromatic N) is 5. The molecule has 4 rings (SSSR count). The Labute approximate surface area is 212 Å². The lowest BCUT2D eigenvalue weighted by atomic mass is 10.1. The molecule has 0 aliphatic heterocycles. The summed E-state index contributed by atoms with van der Waals surface area (Å²) in [5.41, 5.74) is 2.15. The van der Waals surface area contributed by atoms with Crippen LogP contribution in [-0.2, 0) is 6.61 Å². The Kier molecular flexibility index (Phi) is 7.46. The van der Waals surface area contributed by atoms with Gasteiger partial charge in [-0.3, -0.25) is 20.1 Å². The maximum atomic E-state index is 11.8. The summed E-state index contributed by atoms with van der Waals surface area (Å²) in [6.45, 7) is 7.38. The van der Waals surface area contributed by atoms with Crippen LogP contribution in [0.4, 0.5) is 17.1 Å². The number of nitro benzene ring substituents is 1. The van der Waals surface area contributed by atoms with Gasteiger partial charge < -0.3 is 14.8 Å². The number of allylic oxidation sites excluding steroid dienone is 1. The second kappa shape index (κ2) is 11.2. The minimum Gasteiger partial charge on any atom is -0.473 e. The van der Waals surface area contributed by atoms with E-state index in [4.69, 9.17) is 9.47 Å². The normalized spacial score (nSPS) is 10.6. The van der Waals surface area contributed by atoms with Gasteiger partial charge >= 0.3 is 5.69 Å². The van der Waals surface area contributed by atoms with Crippen LogP contribution in [0.3, 0.4) is 0 Å². The van der Waals surface area contributed by atoms with E-state index < -0.39 is 4.92 Å². The van der Waals surface area contributed by atoms with Gasteiger partial charge in [0.05, 0.1) is 33.6 Å². The lowest BCUT2D eigenvalue weighted by molar-refractivity contribution is -0.385. The second-order valence-corrected chi connectivity index (χ2v) is 7.60. The Balaban J connectivity index is 1.64. The number of nitrogens with one attached hydrogen (secondary N) is 1. The lowest BCUT2D eigenvalue weighted by Crippen LogP contribution is -2.01. The highest BCUT2D eigenvalue weighted by Crippen LogP contribution is 2.37. The summed E-state index contributed by atoms with van der Waals surface area (Å²) in [6, 6.07) is 17.9. The maximum absolute atomic E-state index is 11.8. The van der Waals surface area contributed by atoms with Crippen LogP contribution < -0.4 is 14.8 Å². The van der Waals surface area contributed by atoms with Gasteiger partial charge in [-0.15, -0.1) is 0 Å². The van der Waals surface area contributed by atoms with Gasteiger partial charge in [0.25, 0.3) is 0 Å². The minimum absolute atomic E-state index is 0.0547. The van der Waals surface area contributed by atoms with Crippen LogP contribution in [0, 0.1) is 21.4 Å². The van der Waals surface area contributed by atoms with E-state index in [0.29, 0.717) is 34.8 Å². The molecule has 2 aromatic carbocycles. The summed E-state index contributed by atoms with van der Waals surface area (Å²) >= 11 is 0. The fourth-order valence-corrected chi connectivity index (χ4v) is 3.38. The first-order chi connectivity index (χ1) is 18.0. The Morgan fingerprint density at radius 2 is 2.00 bits per heavy atom. The number of nitriles is 1. The molecule has 1 N–H and O–H groups in total. The first kappa shape index (κ1) is 24.6. The van der Waals surface area contributed by atoms with Gasteiger partial charge in [-0.05, 0) is 24.4 Å². The molecular weight excluding hydrogens is 472 g/mol. The SMILES string of the molecule is C=N/C=C\C(=C)Oc1cc2ncc(C#N)c(Nc3ccc(OCc4ccccc4)nc3)c2cc1[N+](=O)[O-]. The molecule has 0 saturated carbocycles. The van der Waals surface area contributed by atoms with Gasteiger partial charge in [-0.1, -0.05) is 36.9 Å². The summed E-state index contributed by atoms with van der Waals surface area (Å²) in [4.78, 5) is 23.4. The van der Waals surface area contributed by atoms with Gasteiger partial charge in [0.1, 0.15) is 18.4 Å². The van der Waals surface area contributed by atoms with Crippen molar-refractivity contribution in [2.24, 2.45) is 4.99 Å². The number of aliphatic imine (C=N–C) groups is 1. The molecule has 37 heavy (non-hydrogen) atoms. The zero-order valence-corrected chi connectivity index (χ0v) is 19.5. The number of nitro groups is 1. The monoisotopic (exact) mass is 492 g/mol. The average molecular weight is 492 g/mol. The Morgan fingerprint density at radius 1 is 1.19 bits per heavy atom. The van der Waals surface area contributed by atoms with E-state index in [0.717, 1.165) is 5.56 Å². The van der Waals surface area contributed by atoms with Crippen molar-refractivity contribution in [3.63, 3.8) is 0 Å². The largest absolute Gasteiger partial charge is 0.473 e. The van der Waals surface area contributed by atoms with Crippen molar-refractivity contribution in [1.29, 1.82) is 5.26 Å². The summed E-state index contributed by atoms with van der Waals surface area (Å²) < 4.78 is 11.3. The van der Waals surface area contributed by atoms with Crippen molar-refractivity contribution in [3.05, 3.63) is 113 Å². The van der Waals surface area contributed by atoms with Crippen molar-refractivity contribution in [1.82, 2.24) is 9.97 Å². The molecule has 0 bridgehead atoms. The van der Waals surface area contributed by atoms with Gasteiger partial charge in [-0.25, -0.2) is 4.98 Å². The fraction of sp³-hybridized carbons (Fsp3) is 0.0370.